The predicted octanol–water partition coefficient (Wildman–Crippen LogP) is 2.17. The van der Waals surface area contributed by atoms with Crippen LogP contribution in [0.5, 0.6) is 0 Å². The first-order chi connectivity index (χ1) is 10.7. The summed E-state index contributed by atoms with van der Waals surface area (Å²) in [6.45, 7) is 15.3. The minimum absolute atomic E-state index is 0.126. The van der Waals surface area contributed by atoms with Crippen LogP contribution in [0.2, 0.25) is 0 Å². The van der Waals surface area contributed by atoms with Crippen LogP contribution >= 0.6 is 0 Å². The van der Waals surface area contributed by atoms with E-state index in [1.807, 2.05) is 0 Å². The molecule has 4 nitrogen and oxygen atoms in total. The summed E-state index contributed by atoms with van der Waals surface area (Å²) >= 11 is 0. The summed E-state index contributed by atoms with van der Waals surface area (Å²) in [5.74, 6) is 0.409. The molecule has 0 radical (unpaired) electrons. The first kappa shape index (κ1) is 17.9. The van der Waals surface area contributed by atoms with Crippen molar-refractivity contribution in [1.82, 2.24) is 5.32 Å². The molecule has 0 aromatic heterocycles. The standard InChI is InChI=1S/C20H34N2O2/c1-16(2)10-13(11-17(3,4)22-16)21-15(24)20-9-8-19(7,14(23)12-20)18(20,5)6/h13,22H,8-12H2,1-7H3,(H,21,24)/p+1/t19-,20-/m0/s1. The minimum Gasteiger partial charge on any atom is -0.352 e. The highest BCUT2D eigenvalue weighted by atomic mass is 16.2. The Morgan fingerprint density at radius 1 is 1.00 bits per heavy atom. The van der Waals surface area contributed by atoms with Gasteiger partial charge in [0.1, 0.15) is 5.78 Å². The zero-order valence-corrected chi connectivity index (χ0v) is 16.5. The van der Waals surface area contributed by atoms with Gasteiger partial charge in [-0.2, -0.15) is 0 Å². The molecule has 2 atom stereocenters. The number of nitrogens with one attached hydrogen (secondary N) is 1. The van der Waals surface area contributed by atoms with Gasteiger partial charge in [-0.15, -0.1) is 0 Å². The van der Waals surface area contributed by atoms with Crippen molar-refractivity contribution in [3.63, 3.8) is 0 Å². The van der Waals surface area contributed by atoms with E-state index in [4.69, 9.17) is 0 Å². The van der Waals surface area contributed by atoms with Gasteiger partial charge in [-0.3, -0.25) is 9.59 Å². The maximum atomic E-state index is 13.3. The number of hydrogen-bond donors (Lipinski definition) is 2. The molecule has 1 saturated heterocycles. The second kappa shape index (κ2) is 4.84. The molecule has 3 aliphatic rings. The molecule has 0 aromatic carbocycles. The first-order valence-electron chi connectivity index (χ1n) is 9.46. The molecule has 2 aliphatic carbocycles. The van der Waals surface area contributed by atoms with E-state index in [0.29, 0.717) is 6.42 Å². The van der Waals surface area contributed by atoms with E-state index >= 15 is 0 Å². The van der Waals surface area contributed by atoms with Gasteiger partial charge in [0.2, 0.25) is 5.91 Å². The smallest absolute Gasteiger partial charge is 0.227 e. The van der Waals surface area contributed by atoms with Crippen molar-refractivity contribution in [1.29, 1.82) is 0 Å². The minimum atomic E-state index is -0.506. The Bertz CT molecular complexity index is 576. The number of quaternary nitrogens is 1. The normalized spacial score (nSPS) is 39.9. The lowest BCUT2D eigenvalue weighted by atomic mass is 9.64. The van der Waals surface area contributed by atoms with E-state index in [-0.39, 0.29) is 39.6 Å². The Morgan fingerprint density at radius 3 is 1.96 bits per heavy atom. The van der Waals surface area contributed by atoms with Crippen LogP contribution in [0.15, 0.2) is 0 Å². The number of nitrogens with two attached hydrogens (primary N) is 1. The number of piperidine rings is 1. The van der Waals surface area contributed by atoms with Gasteiger partial charge in [0.15, 0.2) is 0 Å². The number of rotatable bonds is 2. The van der Waals surface area contributed by atoms with Crippen LogP contribution in [0.4, 0.5) is 0 Å². The van der Waals surface area contributed by atoms with Gasteiger partial charge in [0.05, 0.1) is 16.5 Å². The van der Waals surface area contributed by atoms with Crippen molar-refractivity contribution in [2.45, 2.75) is 97.7 Å². The Kier molecular flexibility index (Phi) is 3.61. The topological polar surface area (TPSA) is 62.8 Å². The van der Waals surface area contributed by atoms with Crippen LogP contribution in [-0.4, -0.2) is 28.8 Å². The molecule has 1 aliphatic heterocycles. The Hall–Kier alpha value is -0.900. The molecule has 3 fully saturated rings. The molecule has 0 spiro atoms. The van der Waals surface area contributed by atoms with Crippen LogP contribution in [0.3, 0.4) is 0 Å². The van der Waals surface area contributed by atoms with Gasteiger partial charge >= 0.3 is 0 Å². The van der Waals surface area contributed by atoms with Gasteiger partial charge in [-0.1, -0.05) is 20.8 Å². The lowest BCUT2D eigenvalue weighted by Crippen LogP contribution is -3.06. The zero-order chi connectivity index (χ0) is 18.2. The Morgan fingerprint density at radius 2 is 1.54 bits per heavy atom. The number of hydrogen-bond acceptors (Lipinski definition) is 2. The van der Waals surface area contributed by atoms with Crippen LogP contribution in [0.1, 0.15) is 80.6 Å². The van der Waals surface area contributed by atoms with E-state index in [1.54, 1.807) is 0 Å². The van der Waals surface area contributed by atoms with Crippen LogP contribution in [-0.2, 0) is 9.59 Å². The maximum Gasteiger partial charge on any atom is 0.227 e. The molecule has 1 amide bonds. The van der Waals surface area contributed by atoms with Crippen molar-refractivity contribution in [2.75, 3.05) is 0 Å². The number of fused-ring (bicyclic) bond motifs is 2. The molecular formula is C20H35N2O2+. The van der Waals surface area contributed by atoms with Crippen LogP contribution < -0.4 is 10.6 Å². The van der Waals surface area contributed by atoms with E-state index in [2.05, 4.69) is 59.1 Å². The summed E-state index contributed by atoms with van der Waals surface area (Å²) < 4.78 is 0. The van der Waals surface area contributed by atoms with E-state index in [9.17, 15) is 9.59 Å². The molecule has 2 bridgehead atoms. The highest BCUT2D eigenvalue weighted by molar-refractivity contribution is 5.99. The molecule has 136 valence electrons. The average Bonchev–Trinajstić information content (AvgIpc) is 2.65. The molecule has 1 heterocycles. The third-order valence-electron chi connectivity index (χ3n) is 7.80. The van der Waals surface area contributed by atoms with E-state index in [1.165, 1.54) is 0 Å². The SMILES string of the molecule is CC1(C)CC(NC(=O)[C@]23CC[C@@](C)(C(=O)C2)C3(C)C)CC(C)(C)[NH2+]1. The van der Waals surface area contributed by atoms with Crippen molar-refractivity contribution in [2.24, 2.45) is 16.2 Å². The number of carbonyl (C=O) groups is 2. The second-order valence-electron chi connectivity index (χ2n) is 10.8. The Labute approximate surface area is 146 Å². The van der Waals surface area contributed by atoms with Crippen LogP contribution in [0.25, 0.3) is 0 Å². The number of carbonyl (C=O) groups excluding carboxylic acids is 2. The van der Waals surface area contributed by atoms with Gasteiger partial charge in [0.25, 0.3) is 0 Å². The fraction of sp³-hybridized carbons (Fsp3) is 0.900. The quantitative estimate of drug-likeness (QED) is 0.812. The zero-order valence-electron chi connectivity index (χ0n) is 16.5. The third-order valence-corrected chi connectivity index (χ3v) is 7.80. The van der Waals surface area contributed by atoms with Gasteiger partial charge < -0.3 is 10.6 Å². The molecular weight excluding hydrogens is 300 g/mol. The summed E-state index contributed by atoms with van der Waals surface area (Å²) in [6, 6.07) is 0.195. The second-order valence-corrected chi connectivity index (χ2v) is 10.8. The molecule has 4 heteroatoms. The molecule has 3 N–H and O–H groups in total. The summed E-state index contributed by atoms with van der Waals surface area (Å²) in [6.07, 6.45) is 4.07. The third kappa shape index (κ3) is 2.28. The largest absolute Gasteiger partial charge is 0.352 e. The average molecular weight is 336 g/mol. The van der Waals surface area contributed by atoms with Crippen molar-refractivity contribution in [3.8, 4) is 0 Å². The highest BCUT2D eigenvalue weighted by Crippen LogP contribution is 2.70. The Balaban J connectivity index is 1.82. The first-order valence-corrected chi connectivity index (χ1v) is 9.46. The molecule has 24 heavy (non-hydrogen) atoms. The molecule has 2 saturated carbocycles. The summed E-state index contributed by atoms with van der Waals surface area (Å²) in [5.41, 5.74) is -0.838. The fourth-order valence-electron chi connectivity index (χ4n) is 6.30. The summed E-state index contributed by atoms with van der Waals surface area (Å²) in [7, 11) is 0. The van der Waals surface area contributed by atoms with E-state index in [0.717, 1.165) is 25.7 Å². The summed E-state index contributed by atoms with van der Waals surface area (Å²) in [5, 5.41) is 5.80. The van der Waals surface area contributed by atoms with E-state index < -0.39 is 5.41 Å². The van der Waals surface area contributed by atoms with Crippen molar-refractivity contribution < 1.29 is 14.9 Å². The van der Waals surface area contributed by atoms with Crippen molar-refractivity contribution in [3.05, 3.63) is 0 Å². The highest BCUT2D eigenvalue weighted by Gasteiger charge is 2.72. The number of ketones is 1. The monoisotopic (exact) mass is 335 g/mol. The van der Waals surface area contributed by atoms with Crippen molar-refractivity contribution >= 4 is 11.7 Å². The fourth-order valence-corrected chi connectivity index (χ4v) is 6.30. The van der Waals surface area contributed by atoms with Crippen LogP contribution in [0, 0.1) is 16.2 Å². The summed E-state index contributed by atoms with van der Waals surface area (Å²) in [4.78, 5) is 25.9. The van der Waals surface area contributed by atoms with Gasteiger partial charge in [-0.25, -0.2) is 0 Å². The molecule has 3 rings (SSSR count). The lowest BCUT2D eigenvalue weighted by Gasteiger charge is -2.45. The molecule has 0 aromatic rings. The number of amides is 1. The maximum absolute atomic E-state index is 13.3. The van der Waals surface area contributed by atoms with Gasteiger partial charge in [-0.05, 0) is 46.0 Å². The lowest BCUT2D eigenvalue weighted by molar-refractivity contribution is -0.788. The molecule has 0 unspecified atom stereocenters. The predicted molar refractivity (Wildman–Crippen MR) is 94.4 cm³/mol. The number of Topliss-reactive ketones (excluding diaryl/α,β-unsaturated/α-hetero) is 1. The van der Waals surface area contributed by atoms with Gasteiger partial charge in [0, 0.05) is 30.7 Å².